The predicted molar refractivity (Wildman–Crippen MR) is 58.5 cm³/mol. The van der Waals surface area contributed by atoms with Gasteiger partial charge in [0.05, 0.1) is 24.2 Å². The molecule has 0 aliphatic carbocycles. The fourth-order valence-electron chi connectivity index (χ4n) is 1.28. The van der Waals surface area contributed by atoms with Crippen molar-refractivity contribution >= 4 is 15.9 Å². The highest BCUT2D eigenvalue weighted by Gasteiger charge is 2.12. The van der Waals surface area contributed by atoms with Crippen molar-refractivity contribution in [3.8, 4) is 17.1 Å². The summed E-state index contributed by atoms with van der Waals surface area (Å²) in [6.07, 6.45) is 0. The Kier molecular flexibility index (Phi) is 2.68. The summed E-state index contributed by atoms with van der Waals surface area (Å²) in [5, 5.41) is 11.8. The SMILES string of the molecule is COc1c(Br)cccc1-c1nnn(C)n1. The second-order valence-electron chi connectivity index (χ2n) is 2.92. The van der Waals surface area contributed by atoms with Crippen LogP contribution in [0.15, 0.2) is 22.7 Å². The van der Waals surface area contributed by atoms with E-state index in [0.29, 0.717) is 11.6 Å². The Morgan fingerprint density at radius 1 is 1.40 bits per heavy atom. The number of rotatable bonds is 2. The Balaban J connectivity index is 2.57. The van der Waals surface area contributed by atoms with Crippen LogP contribution in [0.3, 0.4) is 0 Å². The molecule has 0 fully saturated rings. The third-order valence-electron chi connectivity index (χ3n) is 1.92. The highest BCUT2D eigenvalue weighted by Crippen LogP contribution is 2.33. The molecular weight excluding hydrogens is 260 g/mol. The Hall–Kier alpha value is -1.43. The highest BCUT2D eigenvalue weighted by atomic mass is 79.9. The lowest BCUT2D eigenvalue weighted by molar-refractivity contribution is 0.413. The van der Waals surface area contributed by atoms with Gasteiger partial charge in [0.2, 0.25) is 5.82 Å². The number of benzene rings is 1. The number of ether oxygens (including phenoxy) is 1. The van der Waals surface area contributed by atoms with Gasteiger partial charge in [-0.3, -0.25) is 0 Å². The molecule has 0 unspecified atom stereocenters. The van der Waals surface area contributed by atoms with Gasteiger partial charge in [0.1, 0.15) is 5.75 Å². The number of aromatic nitrogens is 4. The number of methoxy groups -OCH3 is 1. The largest absolute Gasteiger partial charge is 0.495 e. The van der Waals surface area contributed by atoms with Crippen LogP contribution in [-0.4, -0.2) is 27.3 Å². The van der Waals surface area contributed by atoms with Crippen molar-refractivity contribution in [2.45, 2.75) is 0 Å². The summed E-state index contributed by atoms with van der Waals surface area (Å²) in [6.45, 7) is 0. The Morgan fingerprint density at radius 2 is 2.20 bits per heavy atom. The van der Waals surface area contributed by atoms with E-state index >= 15 is 0 Å². The monoisotopic (exact) mass is 268 g/mol. The van der Waals surface area contributed by atoms with Crippen molar-refractivity contribution in [1.29, 1.82) is 0 Å². The van der Waals surface area contributed by atoms with Gasteiger partial charge in [0, 0.05) is 0 Å². The first-order valence-corrected chi connectivity index (χ1v) is 5.08. The van der Waals surface area contributed by atoms with Crippen LogP contribution in [0.25, 0.3) is 11.4 Å². The average molecular weight is 269 g/mol. The van der Waals surface area contributed by atoms with E-state index in [0.717, 1.165) is 10.0 Å². The minimum absolute atomic E-state index is 0.552. The lowest BCUT2D eigenvalue weighted by atomic mass is 10.2. The minimum atomic E-state index is 0.552. The molecule has 0 radical (unpaired) electrons. The van der Waals surface area contributed by atoms with E-state index in [-0.39, 0.29) is 0 Å². The van der Waals surface area contributed by atoms with E-state index in [9.17, 15) is 0 Å². The normalized spacial score (nSPS) is 10.3. The zero-order valence-electron chi connectivity index (χ0n) is 8.31. The van der Waals surface area contributed by atoms with Crippen molar-refractivity contribution < 1.29 is 4.74 Å². The van der Waals surface area contributed by atoms with E-state index in [2.05, 4.69) is 31.3 Å². The third-order valence-corrected chi connectivity index (χ3v) is 2.54. The molecule has 15 heavy (non-hydrogen) atoms. The van der Waals surface area contributed by atoms with Crippen LogP contribution >= 0.6 is 15.9 Å². The topological polar surface area (TPSA) is 52.8 Å². The molecule has 0 atom stereocenters. The van der Waals surface area contributed by atoms with Crippen molar-refractivity contribution in [3.63, 3.8) is 0 Å². The van der Waals surface area contributed by atoms with Crippen molar-refractivity contribution in [2.75, 3.05) is 7.11 Å². The number of hydrogen-bond donors (Lipinski definition) is 0. The predicted octanol–water partition coefficient (Wildman–Crippen LogP) is 1.65. The van der Waals surface area contributed by atoms with Gasteiger partial charge in [-0.2, -0.15) is 4.80 Å². The second kappa shape index (κ2) is 3.98. The maximum Gasteiger partial charge on any atom is 0.208 e. The first-order chi connectivity index (χ1) is 7.22. The van der Waals surface area contributed by atoms with Crippen molar-refractivity contribution in [2.24, 2.45) is 7.05 Å². The minimum Gasteiger partial charge on any atom is -0.495 e. The Bertz CT molecular complexity index is 483. The molecule has 0 aliphatic heterocycles. The summed E-state index contributed by atoms with van der Waals surface area (Å²) in [7, 11) is 3.33. The van der Waals surface area contributed by atoms with E-state index in [1.807, 2.05) is 18.2 Å². The van der Waals surface area contributed by atoms with Gasteiger partial charge in [-0.25, -0.2) is 0 Å². The molecule has 5 nitrogen and oxygen atoms in total. The molecule has 0 spiro atoms. The maximum atomic E-state index is 5.28. The number of halogens is 1. The molecule has 78 valence electrons. The third kappa shape index (κ3) is 1.85. The Morgan fingerprint density at radius 3 is 2.80 bits per heavy atom. The zero-order valence-corrected chi connectivity index (χ0v) is 9.89. The number of para-hydroxylation sites is 1. The van der Waals surface area contributed by atoms with Gasteiger partial charge in [0.25, 0.3) is 0 Å². The molecule has 1 heterocycles. The van der Waals surface area contributed by atoms with Crippen LogP contribution in [0.4, 0.5) is 0 Å². The standard InChI is InChI=1S/C9H9BrN4O/c1-14-12-9(11-13-14)6-4-3-5-7(10)8(6)15-2/h3-5H,1-2H3. The summed E-state index contributed by atoms with van der Waals surface area (Å²) in [4.78, 5) is 1.41. The van der Waals surface area contributed by atoms with Gasteiger partial charge in [0.15, 0.2) is 0 Å². The molecule has 0 bridgehead atoms. The van der Waals surface area contributed by atoms with Crippen LogP contribution < -0.4 is 4.74 Å². The zero-order chi connectivity index (χ0) is 10.8. The summed E-state index contributed by atoms with van der Waals surface area (Å²) in [5.41, 5.74) is 0.819. The molecule has 0 saturated heterocycles. The molecule has 1 aromatic heterocycles. The number of nitrogens with zero attached hydrogens (tertiary/aromatic N) is 4. The van der Waals surface area contributed by atoms with Gasteiger partial charge < -0.3 is 4.74 Å². The number of hydrogen-bond acceptors (Lipinski definition) is 4. The lowest BCUT2D eigenvalue weighted by Crippen LogP contribution is -1.93. The van der Waals surface area contributed by atoms with Crippen LogP contribution in [0.5, 0.6) is 5.75 Å². The Labute approximate surface area is 95.2 Å². The molecule has 0 N–H and O–H groups in total. The van der Waals surface area contributed by atoms with Crippen LogP contribution in [0.1, 0.15) is 0 Å². The molecule has 1 aromatic carbocycles. The number of aryl methyl sites for hydroxylation is 1. The van der Waals surface area contributed by atoms with E-state index in [1.165, 1.54) is 4.80 Å². The van der Waals surface area contributed by atoms with Crippen LogP contribution in [0.2, 0.25) is 0 Å². The molecule has 0 amide bonds. The van der Waals surface area contributed by atoms with Crippen LogP contribution in [-0.2, 0) is 7.05 Å². The second-order valence-corrected chi connectivity index (χ2v) is 3.78. The van der Waals surface area contributed by atoms with Crippen molar-refractivity contribution in [1.82, 2.24) is 20.2 Å². The smallest absolute Gasteiger partial charge is 0.208 e. The molecule has 6 heteroatoms. The first kappa shape index (κ1) is 10.1. The average Bonchev–Trinajstić information content (AvgIpc) is 2.64. The van der Waals surface area contributed by atoms with E-state index in [1.54, 1.807) is 14.2 Å². The molecular formula is C9H9BrN4O. The maximum absolute atomic E-state index is 5.28. The van der Waals surface area contributed by atoms with E-state index < -0.39 is 0 Å². The number of tetrazole rings is 1. The molecule has 0 saturated carbocycles. The summed E-state index contributed by atoms with van der Waals surface area (Å²) < 4.78 is 6.15. The first-order valence-electron chi connectivity index (χ1n) is 4.29. The van der Waals surface area contributed by atoms with Crippen molar-refractivity contribution in [3.05, 3.63) is 22.7 Å². The fraction of sp³-hybridized carbons (Fsp3) is 0.222. The summed E-state index contributed by atoms with van der Waals surface area (Å²) in [5.74, 6) is 1.26. The van der Waals surface area contributed by atoms with Crippen LogP contribution in [0, 0.1) is 0 Å². The molecule has 2 rings (SSSR count). The summed E-state index contributed by atoms with van der Waals surface area (Å²) >= 11 is 3.40. The summed E-state index contributed by atoms with van der Waals surface area (Å²) in [6, 6.07) is 5.69. The highest BCUT2D eigenvalue weighted by molar-refractivity contribution is 9.10. The van der Waals surface area contributed by atoms with Gasteiger partial charge in [-0.15, -0.1) is 10.2 Å². The molecule has 0 aliphatic rings. The lowest BCUT2D eigenvalue weighted by Gasteiger charge is -2.06. The molecule has 2 aromatic rings. The van der Waals surface area contributed by atoms with Gasteiger partial charge in [-0.05, 0) is 33.3 Å². The van der Waals surface area contributed by atoms with Gasteiger partial charge in [-0.1, -0.05) is 6.07 Å². The van der Waals surface area contributed by atoms with E-state index in [4.69, 9.17) is 4.74 Å². The quantitative estimate of drug-likeness (QED) is 0.831. The fourth-order valence-corrected chi connectivity index (χ4v) is 1.81. The van der Waals surface area contributed by atoms with Gasteiger partial charge >= 0.3 is 0 Å².